The molecule has 4 heteroatoms. The van der Waals surface area contributed by atoms with Crippen LogP contribution >= 0.6 is 0 Å². The second kappa shape index (κ2) is 5.65. The Bertz CT molecular complexity index is 405. The minimum Gasteiger partial charge on any atom is -0.392 e. The molecule has 1 heterocycles. The molecular formula is C14H21FN2O. The molecule has 1 aliphatic carbocycles. The highest BCUT2D eigenvalue weighted by Crippen LogP contribution is 2.33. The largest absolute Gasteiger partial charge is 0.392 e. The van der Waals surface area contributed by atoms with Crippen LogP contribution in [-0.2, 0) is 6.61 Å². The van der Waals surface area contributed by atoms with E-state index in [1.807, 2.05) is 0 Å². The number of halogens is 1. The Kier molecular flexibility index (Phi) is 4.17. The average Bonchev–Trinajstić information content (AvgIpc) is 3.15. The summed E-state index contributed by atoms with van der Waals surface area (Å²) in [6.45, 7) is 4.89. The average molecular weight is 252 g/mol. The molecule has 18 heavy (non-hydrogen) atoms. The highest BCUT2D eigenvalue weighted by atomic mass is 19.1. The standard InChI is InChI=1S/C14H21FN2O/c1-10(2)6-8-17(12-3-4-12)14-13(15)11(9-18)5-7-16-14/h5,7,10,12,18H,3-4,6,8-9H2,1-2H3. The molecule has 2 rings (SSSR count). The molecule has 1 aromatic rings. The second-order valence-corrected chi connectivity index (χ2v) is 5.37. The lowest BCUT2D eigenvalue weighted by Crippen LogP contribution is -2.29. The normalized spacial score (nSPS) is 15.2. The van der Waals surface area contributed by atoms with Crippen molar-refractivity contribution in [2.75, 3.05) is 11.4 Å². The van der Waals surface area contributed by atoms with Crippen molar-refractivity contribution in [2.24, 2.45) is 5.92 Å². The van der Waals surface area contributed by atoms with Crippen LogP contribution in [-0.4, -0.2) is 22.7 Å². The van der Waals surface area contributed by atoms with Crippen molar-refractivity contribution in [3.8, 4) is 0 Å². The van der Waals surface area contributed by atoms with Crippen LogP contribution in [0.15, 0.2) is 12.3 Å². The van der Waals surface area contributed by atoms with Gasteiger partial charge in [0.15, 0.2) is 11.6 Å². The lowest BCUT2D eigenvalue weighted by atomic mass is 10.1. The summed E-state index contributed by atoms with van der Waals surface area (Å²) in [4.78, 5) is 6.23. The number of nitrogens with zero attached hydrogens (tertiary/aromatic N) is 2. The molecule has 1 N–H and O–H groups in total. The Morgan fingerprint density at radius 2 is 2.22 bits per heavy atom. The Hall–Kier alpha value is -1.16. The van der Waals surface area contributed by atoms with E-state index in [4.69, 9.17) is 5.11 Å². The number of aliphatic hydroxyl groups excluding tert-OH is 1. The van der Waals surface area contributed by atoms with Crippen LogP contribution in [0.3, 0.4) is 0 Å². The molecule has 1 saturated carbocycles. The first-order valence-corrected chi connectivity index (χ1v) is 6.64. The minimum atomic E-state index is -0.365. The van der Waals surface area contributed by atoms with Crippen molar-refractivity contribution in [1.82, 2.24) is 4.98 Å². The molecule has 0 saturated heterocycles. The molecule has 1 aliphatic rings. The van der Waals surface area contributed by atoms with E-state index in [9.17, 15) is 4.39 Å². The Morgan fingerprint density at radius 3 is 2.78 bits per heavy atom. The van der Waals surface area contributed by atoms with Gasteiger partial charge in [-0.3, -0.25) is 0 Å². The van der Waals surface area contributed by atoms with Crippen molar-refractivity contribution in [3.63, 3.8) is 0 Å². The van der Waals surface area contributed by atoms with Gasteiger partial charge in [-0.25, -0.2) is 9.37 Å². The van der Waals surface area contributed by atoms with Crippen LogP contribution < -0.4 is 4.90 Å². The molecule has 0 amide bonds. The van der Waals surface area contributed by atoms with Crippen molar-refractivity contribution in [2.45, 2.75) is 45.8 Å². The molecular weight excluding hydrogens is 231 g/mol. The summed E-state index contributed by atoms with van der Waals surface area (Å²) in [6.07, 6.45) is 4.83. The molecule has 0 bridgehead atoms. The summed E-state index contributed by atoms with van der Waals surface area (Å²) < 4.78 is 14.2. The van der Waals surface area contributed by atoms with E-state index in [1.54, 1.807) is 6.20 Å². The summed E-state index contributed by atoms with van der Waals surface area (Å²) in [5.41, 5.74) is 0.329. The molecule has 100 valence electrons. The Morgan fingerprint density at radius 1 is 1.50 bits per heavy atom. The maximum absolute atomic E-state index is 14.2. The Balaban J connectivity index is 2.19. The first-order chi connectivity index (χ1) is 8.63. The summed E-state index contributed by atoms with van der Waals surface area (Å²) >= 11 is 0. The van der Waals surface area contributed by atoms with Gasteiger partial charge in [-0.1, -0.05) is 13.8 Å². The van der Waals surface area contributed by atoms with Gasteiger partial charge >= 0.3 is 0 Å². The van der Waals surface area contributed by atoms with E-state index in [2.05, 4.69) is 23.7 Å². The van der Waals surface area contributed by atoms with Gasteiger partial charge in [-0.05, 0) is 31.2 Å². The molecule has 0 aromatic carbocycles. The predicted molar refractivity (Wildman–Crippen MR) is 69.9 cm³/mol. The third-order valence-corrected chi connectivity index (χ3v) is 3.33. The fraction of sp³-hybridized carbons (Fsp3) is 0.643. The molecule has 0 aliphatic heterocycles. The van der Waals surface area contributed by atoms with Crippen molar-refractivity contribution >= 4 is 5.82 Å². The van der Waals surface area contributed by atoms with Gasteiger partial charge in [0.2, 0.25) is 0 Å². The zero-order valence-corrected chi connectivity index (χ0v) is 11.1. The van der Waals surface area contributed by atoms with Gasteiger partial charge in [0.1, 0.15) is 0 Å². The maximum atomic E-state index is 14.2. The number of hydrogen-bond donors (Lipinski definition) is 1. The van der Waals surface area contributed by atoms with Crippen LogP contribution in [0.5, 0.6) is 0 Å². The highest BCUT2D eigenvalue weighted by Gasteiger charge is 2.31. The Labute approximate surface area is 108 Å². The fourth-order valence-corrected chi connectivity index (χ4v) is 2.04. The first-order valence-electron chi connectivity index (χ1n) is 6.64. The summed E-state index contributed by atoms with van der Waals surface area (Å²) in [7, 11) is 0. The summed E-state index contributed by atoms with van der Waals surface area (Å²) in [6, 6.07) is 1.96. The maximum Gasteiger partial charge on any atom is 0.171 e. The van der Waals surface area contributed by atoms with Crippen molar-refractivity contribution in [3.05, 3.63) is 23.6 Å². The van der Waals surface area contributed by atoms with Crippen LogP contribution in [0.4, 0.5) is 10.2 Å². The summed E-state index contributed by atoms with van der Waals surface area (Å²) in [5.74, 6) is 0.635. The van der Waals surface area contributed by atoms with Gasteiger partial charge in [0, 0.05) is 24.3 Å². The number of hydrogen-bond acceptors (Lipinski definition) is 3. The molecule has 3 nitrogen and oxygen atoms in total. The van der Waals surface area contributed by atoms with E-state index >= 15 is 0 Å². The third kappa shape index (κ3) is 2.99. The lowest BCUT2D eigenvalue weighted by Gasteiger charge is -2.25. The predicted octanol–water partition coefficient (Wildman–Crippen LogP) is 2.73. The minimum absolute atomic E-state index is 0.274. The molecule has 0 atom stereocenters. The first kappa shape index (κ1) is 13.3. The van der Waals surface area contributed by atoms with Crippen LogP contribution in [0.1, 0.15) is 38.7 Å². The van der Waals surface area contributed by atoms with Crippen molar-refractivity contribution < 1.29 is 9.50 Å². The topological polar surface area (TPSA) is 36.4 Å². The number of anilines is 1. The van der Waals surface area contributed by atoms with Crippen LogP contribution in [0, 0.1) is 11.7 Å². The summed E-state index contributed by atoms with van der Waals surface area (Å²) in [5, 5.41) is 9.11. The zero-order chi connectivity index (χ0) is 13.1. The molecule has 1 fully saturated rings. The number of rotatable bonds is 6. The van der Waals surface area contributed by atoms with Gasteiger partial charge in [0.25, 0.3) is 0 Å². The van der Waals surface area contributed by atoms with Gasteiger partial charge in [0.05, 0.1) is 6.61 Å². The van der Waals surface area contributed by atoms with Gasteiger partial charge < -0.3 is 10.0 Å². The van der Waals surface area contributed by atoms with E-state index in [0.29, 0.717) is 23.3 Å². The van der Waals surface area contributed by atoms with E-state index in [-0.39, 0.29) is 12.4 Å². The molecule has 0 spiro atoms. The zero-order valence-electron chi connectivity index (χ0n) is 11.1. The fourth-order valence-electron chi connectivity index (χ4n) is 2.04. The number of aliphatic hydroxyl groups is 1. The van der Waals surface area contributed by atoms with E-state index in [1.165, 1.54) is 6.07 Å². The number of aromatic nitrogens is 1. The molecule has 0 unspecified atom stereocenters. The third-order valence-electron chi connectivity index (χ3n) is 3.33. The second-order valence-electron chi connectivity index (χ2n) is 5.37. The van der Waals surface area contributed by atoms with E-state index in [0.717, 1.165) is 25.8 Å². The van der Waals surface area contributed by atoms with Crippen LogP contribution in [0.25, 0.3) is 0 Å². The smallest absolute Gasteiger partial charge is 0.171 e. The van der Waals surface area contributed by atoms with E-state index < -0.39 is 0 Å². The lowest BCUT2D eigenvalue weighted by molar-refractivity contribution is 0.275. The SMILES string of the molecule is CC(C)CCN(c1nccc(CO)c1F)C1CC1. The van der Waals surface area contributed by atoms with Gasteiger partial charge in [-0.2, -0.15) is 0 Å². The number of pyridine rings is 1. The monoisotopic (exact) mass is 252 g/mol. The van der Waals surface area contributed by atoms with Gasteiger partial charge in [-0.15, -0.1) is 0 Å². The van der Waals surface area contributed by atoms with Crippen molar-refractivity contribution in [1.29, 1.82) is 0 Å². The quantitative estimate of drug-likeness (QED) is 0.845. The molecule has 1 aromatic heterocycles. The molecule has 0 radical (unpaired) electrons. The van der Waals surface area contributed by atoms with Crippen LogP contribution in [0.2, 0.25) is 0 Å². The highest BCUT2D eigenvalue weighted by molar-refractivity contribution is 5.45.